The molecule has 3 aromatic rings. The lowest BCUT2D eigenvalue weighted by atomic mass is 9.95. The van der Waals surface area contributed by atoms with Crippen LogP contribution in [0.15, 0.2) is 40.5 Å². The van der Waals surface area contributed by atoms with Crippen molar-refractivity contribution in [3.8, 4) is 10.8 Å². The van der Waals surface area contributed by atoms with Crippen LogP contribution in [0, 0.1) is 5.92 Å². The highest BCUT2D eigenvalue weighted by Gasteiger charge is 2.31. The van der Waals surface area contributed by atoms with Gasteiger partial charge in [0.25, 0.3) is 5.89 Å². The Labute approximate surface area is 184 Å². The fraction of sp³-hybridized carbons (Fsp3) is 0.476. The third-order valence-electron chi connectivity index (χ3n) is 5.93. The summed E-state index contributed by atoms with van der Waals surface area (Å²) in [4.78, 5) is 33.6. The van der Waals surface area contributed by atoms with E-state index in [-0.39, 0.29) is 11.8 Å². The number of piperidine rings is 1. The molecule has 1 amide bonds. The summed E-state index contributed by atoms with van der Waals surface area (Å²) in [6, 6.07) is 5.77. The summed E-state index contributed by atoms with van der Waals surface area (Å²) in [5, 5.41) is 6.10. The standard InChI is InChI=1S/C21H25N7O2S/c29-20(16-4-8-28(9-5-16)21-22-6-2-7-23-21)27-12-10-26(11-13-27)15-18-24-19(30-25-18)17-3-1-14-31-17/h1-3,6-7,14,16H,4-5,8-13,15H2. The van der Waals surface area contributed by atoms with Gasteiger partial charge < -0.3 is 14.3 Å². The van der Waals surface area contributed by atoms with Crippen molar-refractivity contribution in [3.63, 3.8) is 0 Å². The van der Waals surface area contributed by atoms with E-state index in [0.717, 1.165) is 62.9 Å². The van der Waals surface area contributed by atoms with E-state index in [1.165, 1.54) is 0 Å². The normalized spacial score (nSPS) is 18.5. The van der Waals surface area contributed by atoms with Gasteiger partial charge in [0.1, 0.15) is 0 Å². The van der Waals surface area contributed by atoms with Crippen molar-refractivity contribution in [1.29, 1.82) is 0 Å². The third kappa shape index (κ3) is 4.59. The lowest BCUT2D eigenvalue weighted by molar-refractivity contribution is -0.138. The zero-order chi connectivity index (χ0) is 21.0. The minimum Gasteiger partial charge on any atom is -0.341 e. The Morgan fingerprint density at radius 3 is 2.55 bits per heavy atom. The molecule has 0 aliphatic carbocycles. The lowest BCUT2D eigenvalue weighted by Gasteiger charge is -2.38. The summed E-state index contributed by atoms with van der Waals surface area (Å²) in [6.45, 7) is 5.44. The van der Waals surface area contributed by atoms with Crippen molar-refractivity contribution >= 4 is 23.2 Å². The first-order valence-electron chi connectivity index (χ1n) is 10.7. The molecule has 2 fully saturated rings. The van der Waals surface area contributed by atoms with E-state index >= 15 is 0 Å². The maximum Gasteiger partial charge on any atom is 0.268 e. The molecule has 162 valence electrons. The molecule has 2 aliphatic heterocycles. The van der Waals surface area contributed by atoms with E-state index < -0.39 is 0 Å². The molecule has 2 saturated heterocycles. The summed E-state index contributed by atoms with van der Waals surface area (Å²) in [5.74, 6) is 2.40. The molecular formula is C21H25N7O2S. The van der Waals surface area contributed by atoms with Gasteiger partial charge in [0, 0.05) is 57.6 Å². The van der Waals surface area contributed by atoms with Crippen molar-refractivity contribution in [2.24, 2.45) is 5.92 Å². The van der Waals surface area contributed by atoms with Gasteiger partial charge in [-0.3, -0.25) is 9.69 Å². The van der Waals surface area contributed by atoms with Crippen molar-refractivity contribution in [2.75, 3.05) is 44.2 Å². The number of piperazine rings is 1. The van der Waals surface area contributed by atoms with Crippen molar-refractivity contribution in [2.45, 2.75) is 19.4 Å². The van der Waals surface area contributed by atoms with Gasteiger partial charge in [0.2, 0.25) is 11.9 Å². The van der Waals surface area contributed by atoms with Crippen LogP contribution in [-0.4, -0.2) is 75.1 Å². The van der Waals surface area contributed by atoms with E-state index in [9.17, 15) is 4.79 Å². The maximum absolute atomic E-state index is 13.0. The first-order chi connectivity index (χ1) is 15.3. The van der Waals surface area contributed by atoms with Crippen molar-refractivity contribution in [3.05, 3.63) is 41.8 Å². The molecule has 2 aliphatic rings. The summed E-state index contributed by atoms with van der Waals surface area (Å²) in [5.41, 5.74) is 0. The minimum atomic E-state index is 0.0945. The largest absolute Gasteiger partial charge is 0.341 e. The molecule has 3 aromatic heterocycles. The third-order valence-corrected chi connectivity index (χ3v) is 6.79. The molecule has 9 nitrogen and oxygen atoms in total. The lowest BCUT2D eigenvalue weighted by Crippen LogP contribution is -2.51. The van der Waals surface area contributed by atoms with Gasteiger partial charge in [-0.15, -0.1) is 11.3 Å². The van der Waals surface area contributed by atoms with Crippen LogP contribution >= 0.6 is 11.3 Å². The highest BCUT2D eigenvalue weighted by molar-refractivity contribution is 7.13. The van der Waals surface area contributed by atoms with Gasteiger partial charge in [-0.1, -0.05) is 11.2 Å². The Bertz CT molecular complexity index is 978. The van der Waals surface area contributed by atoms with Crippen LogP contribution in [0.2, 0.25) is 0 Å². The molecule has 31 heavy (non-hydrogen) atoms. The van der Waals surface area contributed by atoms with Crippen LogP contribution in [0.4, 0.5) is 5.95 Å². The quantitative estimate of drug-likeness (QED) is 0.597. The molecule has 0 spiro atoms. The molecule has 0 radical (unpaired) electrons. The molecule has 0 aromatic carbocycles. The Morgan fingerprint density at radius 1 is 1.06 bits per heavy atom. The molecule has 5 rings (SSSR count). The SMILES string of the molecule is O=C(C1CCN(c2ncccn2)CC1)N1CCN(Cc2noc(-c3cccs3)n2)CC1. The number of hydrogen-bond acceptors (Lipinski definition) is 9. The van der Waals surface area contributed by atoms with Crippen molar-refractivity contribution < 1.29 is 9.32 Å². The van der Waals surface area contributed by atoms with E-state index in [2.05, 4.69) is 29.9 Å². The second-order valence-electron chi connectivity index (χ2n) is 7.90. The van der Waals surface area contributed by atoms with Crippen LogP contribution in [0.25, 0.3) is 10.8 Å². The maximum atomic E-state index is 13.0. The number of amides is 1. The Balaban J connectivity index is 1.09. The molecule has 0 bridgehead atoms. The summed E-state index contributed by atoms with van der Waals surface area (Å²) in [6.07, 6.45) is 5.23. The van der Waals surface area contributed by atoms with Crippen LogP contribution in [-0.2, 0) is 11.3 Å². The topological polar surface area (TPSA) is 91.5 Å². The van der Waals surface area contributed by atoms with Gasteiger partial charge in [-0.25, -0.2) is 9.97 Å². The highest BCUT2D eigenvalue weighted by Crippen LogP contribution is 2.24. The smallest absolute Gasteiger partial charge is 0.268 e. The summed E-state index contributed by atoms with van der Waals surface area (Å²) >= 11 is 1.59. The molecule has 0 atom stereocenters. The fourth-order valence-electron chi connectivity index (χ4n) is 4.18. The van der Waals surface area contributed by atoms with Gasteiger partial charge in [-0.2, -0.15) is 4.98 Å². The molecule has 0 saturated carbocycles. The van der Waals surface area contributed by atoms with Gasteiger partial charge >= 0.3 is 0 Å². The van der Waals surface area contributed by atoms with Crippen LogP contribution in [0.5, 0.6) is 0 Å². The second-order valence-corrected chi connectivity index (χ2v) is 8.85. The summed E-state index contributed by atoms with van der Waals surface area (Å²) < 4.78 is 5.38. The van der Waals surface area contributed by atoms with E-state index in [4.69, 9.17) is 4.52 Å². The minimum absolute atomic E-state index is 0.0945. The second kappa shape index (κ2) is 9.11. The van der Waals surface area contributed by atoms with Gasteiger partial charge in [0.15, 0.2) is 5.82 Å². The number of carbonyl (C=O) groups excluding carboxylic acids is 1. The Morgan fingerprint density at radius 2 is 1.84 bits per heavy atom. The van der Waals surface area contributed by atoms with E-state index in [1.807, 2.05) is 28.5 Å². The molecular weight excluding hydrogens is 414 g/mol. The van der Waals surface area contributed by atoms with Crippen LogP contribution in [0.1, 0.15) is 18.7 Å². The number of anilines is 1. The van der Waals surface area contributed by atoms with Gasteiger partial charge in [-0.05, 0) is 30.4 Å². The Kier molecular flexibility index (Phi) is 5.90. The number of hydrogen-bond donors (Lipinski definition) is 0. The number of thiophene rings is 1. The number of nitrogens with zero attached hydrogens (tertiary/aromatic N) is 7. The van der Waals surface area contributed by atoms with E-state index in [0.29, 0.717) is 18.3 Å². The molecule has 10 heteroatoms. The molecule has 0 unspecified atom stereocenters. The average molecular weight is 440 g/mol. The number of rotatable bonds is 5. The monoisotopic (exact) mass is 439 g/mol. The highest BCUT2D eigenvalue weighted by atomic mass is 32.1. The molecule has 0 N–H and O–H groups in total. The zero-order valence-electron chi connectivity index (χ0n) is 17.3. The number of aromatic nitrogens is 4. The average Bonchev–Trinajstić information content (AvgIpc) is 3.52. The predicted molar refractivity (Wildman–Crippen MR) is 116 cm³/mol. The first-order valence-corrected chi connectivity index (χ1v) is 11.5. The fourth-order valence-corrected chi connectivity index (χ4v) is 4.83. The zero-order valence-corrected chi connectivity index (χ0v) is 18.1. The van der Waals surface area contributed by atoms with Gasteiger partial charge in [0.05, 0.1) is 11.4 Å². The summed E-state index contributed by atoms with van der Waals surface area (Å²) in [7, 11) is 0. The number of carbonyl (C=O) groups is 1. The predicted octanol–water partition coefficient (Wildman–Crippen LogP) is 2.15. The Hall–Kier alpha value is -2.85. The first kappa shape index (κ1) is 20.1. The van der Waals surface area contributed by atoms with Crippen molar-refractivity contribution in [1.82, 2.24) is 29.9 Å². The van der Waals surface area contributed by atoms with Crippen LogP contribution < -0.4 is 4.90 Å². The van der Waals surface area contributed by atoms with Crippen LogP contribution in [0.3, 0.4) is 0 Å². The molecule has 5 heterocycles. The van der Waals surface area contributed by atoms with E-state index in [1.54, 1.807) is 23.7 Å².